The van der Waals surface area contributed by atoms with Crippen molar-refractivity contribution in [1.29, 1.82) is 0 Å². The Hall–Kier alpha value is 0.0969. The predicted octanol–water partition coefficient (Wildman–Crippen LogP) is 3.35. The predicted molar refractivity (Wildman–Crippen MR) is 69.4 cm³/mol. The van der Waals surface area contributed by atoms with Crippen LogP contribution in [0.3, 0.4) is 0 Å². The highest BCUT2D eigenvalue weighted by Crippen LogP contribution is 2.40. The van der Waals surface area contributed by atoms with Crippen LogP contribution in [0, 0.1) is 0 Å². The minimum atomic E-state index is -3.22. The van der Waals surface area contributed by atoms with Gasteiger partial charge in [-0.1, -0.05) is 20.8 Å². The third-order valence-electron chi connectivity index (χ3n) is 1.84. The largest absolute Gasteiger partial charge is 0.504 e. The summed E-state index contributed by atoms with van der Waals surface area (Å²) in [5.74, 6) is 0. The van der Waals surface area contributed by atoms with E-state index in [0.29, 0.717) is 0 Å². The standard InChI is InChI=1S/C12H28O3Si/c1-10(2,3)14-16(13,12(7,8)9)15-11(4,5)6/h13H,1-9H3. The first-order valence-corrected chi connectivity index (χ1v) is 7.55. The topological polar surface area (TPSA) is 38.7 Å². The molecule has 0 saturated heterocycles. The molecule has 98 valence electrons. The van der Waals surface area contributed by atoms with E-state index in [2.05, 4.69) is 0 Å². The monoisotopic (exact) mass is 248 g/mol. The summed E-state index contributed by atoms with van der Waals surface area (Å²) in [7, 11) is -3.22. The summed E-state index contributed by atoms with van der Waals surface area (Å²) in [6, 6.07) is 0. The maximum Gasteiger partial charge on any atom is 0.504 e. The molecule has 1 N–H and O–H groups in total. The van der Waals surface area contributed by atoms with Crippen LogP contribution < -0.4 is 0 Å². The molecule has 16 heavy (non-hydrogen) atoms. The quantitative estimate of drug-likeness (QED) is 0.762. The Kier molecular flexibility index (Phi) is 4.43. The van der Waals surface area contributed by atoms with Crippen LogP contribution in [0.4, 0.5) is 0 Å². The van der Waals surface area contributed by atoms with E-state index in [0.717, 1.165) is 0 Å². The number of rotatable bonds is 2. The zero-order chi connectivity index (χ0) is 13.4. The van der Waals surface area contributed by atoms with Crippen molar-refractivity contribution >= 4 is 8.80 Å². The summed E-state index contributed by atoms with van der Waals surface area (Å²) >= 11 is 0. The highest BCUT2D eigenvalue weighted by atomic mass is 28.4. The van der Waals surface area contributed by atoms with Crippen molar-refractivity contribution < 1.29 is 13.6 Å². The van der Waals surface area contributed by atoms with E-state index >= 15 is 0 Å². The SMILES string of the molecule is CC(C)(C)O[Si](O)(OC(C)(C)C)C(C)(C)C. The van der Waals surface area contributed by atoms with Crippen molar-refractivity contribution in [2.45, 2.75) is 78.6 Å². The second-order valence-electron chi connectivity index (χ2n) is 7.26. The molecule has 0 aliphatic heterocycles. The molecule has 0 fully saturated rings. The summed E-state index contributed by atoms with van der Waals surface area (Å²) in [6.45, 7) is 17.5. The molecule has 0 unspecified atom stereocenters. The van der Waals surface area contributed by atoms with Crippen LogP contribution in [0.5, 0.6) is 0 Å². The Morgan fingerprint density at radius 1 is 0.688 bits per heavy atom. The molecule has 0 aliphatic rings. The first-order valence-electron chi connectivity index (χ1n) is 5.79. The van der Waals surface area contributed by atoms with Gasteiger partial charge in [0.1, 0.15) is 0 Å². The van der Waals surface area contributed by atoms with Gasteiger partial charge in [-0.2, -0.15) is 0 Å². The van der Waals surface area contributed by atoms with Gasteiger partial charge in [-0.05, 0) is 41.5 Å². The summed E-state index contributed by atoms with van der Waals surface area (Å²) in [6.07, 6.45) is 0. The zero-order valence-electron chi connectivity index (χ0n) is 12.3. The smallest absolute Gasteiger partial charge is 0.389 e. The molecule has 3 nitrogen and oxygen atoms in total. The van der Waals surface area contributed by atoms with E-state index < -0.39 is 20.0 Å². The van der Waals surface area contributed by atoms with Crippen LogP contribution in [0.1, 0.15) is 62.3 Å². The van der Waals surface area contributed by atoms with Gasteiger partial charge in [-0.3, -0.25) is 0 Å². The molecule has 0 saturated carbocycles. The third-order valence-corrected chi connectivity index (χ3v) is 5.51. The highest BCUT2D eigenvalue weighted by Gasteiger charge is 2.54. The molecule has 0 aliphatic carbocycles. The lowest BCUT2D eigenvalue weighted by molar-refractivity contribution is -0.0400. The van der Waals surface area contributed by atoms with Gasteiger partial charge in [-0.15, -0.1) is 0 Å². The lowest BCUT2D eigenvalue weighted by Crippen LogP contribution is -2.57. The Labute approximate surface area is 102 Å². The summed E-state index contributed by atoms with van der Waals surface area (Å²) in [4.78, 5) is 10.7. The van der Waals surface area contributed by atoms with E-state index in [1.54, 1.807) is 0 Å². The van der Waals surface area contributed by atoms with Gasteiger partial charge in [0.15, 0.2) is 0 Å². The lowest BCUT2D eigenvalue weighted by atomic mass is 10.2. The molecule has 0 radical (unpaired) electrons. The Morgan fingerprint density at radius 2 is 0.938 bits per heavy atom. The number of hydrogen-bond acceptors (Lipinski definition) is 3. The van der Waals surface area contributed by atoms with Crippen LogP contribution in [0.15, 0.2) is 0 Å². The molecule has 0 atom stereocenters. The zero-order valence-corrected chi connectivity index (χ0v) is 13.3. The molecule has 0 spiro atoms. The van der Waals surface area contributed by atoms with Gasteiger partial charge in [0, 0.05) is 5.04 Å². The number of hydrogen-bond donors (Lipinski definition) is 1. The van der Waals surface area contributed by atoms with Crippen molar-refractivity contribution in [1.82, 2.24) is 0 Å². The normalized spacial score (nSPS) is 15.4. The summed E-state index contributed by atoms with van der Waals surface area (Å²) < 4.78 is 11.7. The molecule has 0 heterocycles. The molecule has 0 aromatic rings. The van der Waals surface area contributed by atoms with Crippen molar-refractivity contribution in [3.8, 4) is 0 Å². The van der Waals surface area contributed by atoms with Crippen LogP contribution in [0.25, 0.3) is 0 Å². The van der Waals surface area contributed by atoms with E-state index in [-0.39, 0.29) is 5.04 Å². The van der Waals surface area contributed by atoms with Gasteiger partial charge in [0.05, 0.1) is 11.2 Å². The van der Waals surface area contributed by atoms with Crippen molar-refractivity contribution in [2.75, 3.05) is 0 Å². The second-order valence-corrected chi connectivity index (χ2v) is 10.3. The van der Waals surface area contributed by atoms with Gasteiger partial charge in [0.25, 0.3) is 0 Å². The highest BCUT2D eigenvalue weighted by molar-refractivity contribution is 6.62. The molecule has 0 amide bonds. The summed E-state index contributed by atoms with van der Waals surface area (Å²) in [5.41, 5.74) is -0.807. The Morgan fingerprint density at radius 3 is 1.06 bits per heavy atom. The van der Waals surface area contributed by atoms with Crippen LogP contribution in [-0.2, 0) is 8.85 Å². The van der Waals surface area contributed by atoms with Crippen molar-refractivity contribution in [2.24, 2.45) is 0 Å². The van der Waals surface area contributed by atoms with Crippen LogP contribution >= 0.6 is 0 Å². The summed E-state index contributed by atoms with van der Waals surface area (Å²) in [5, 5.41) is -0.381. The maximum atomic E-state index is 10.7. The average Bonchev–Trinajstić information content (AvgIpc) is 1.72. The van der Waals surface area contributed by atoms with E-state index in [9.17, 15) is 4.80 Å². The van der Waals surface area contributed by atoms with Crippen molar-refractivity contribution in [3.63, 3.8) is 0 Å². The second kappa shape index (κ2) is 4.41. The van der Waals surface area contributed by atoms with Gasteiger partial charge in [-0.25, -0.2) is 0 Å². The van der Waals surface area contributed by atoms with Crippen molar-refractivity contribution in [3.05, 3.63) is 0 Å². The van der Waals surface area contributed by atoms with Gasteiger partial charge in [0.2, 0.25) is 0 Å². The Bertz CT molecular complexity index is 214. The van der Waals surface area contributed by atoms with Gasteiger partial charge >= 0.3 is 8.80 Å². The molecule has 0 aromatic heterocycles. The van der Waals surface area contributed by atoms with E-state index in [1.807, 2.05) is 62.3 Å². The average molecular weight is 248 g/mol. The fourth-order valence-electron chi connectivity index (χ4n) is 1.16. The molecule has 0 bridgehead atoms. The minimum Gasteiger partial charge on any atom is -0.389 e. The van der Waals surface area contributed by atoms with E-state index in [1.165, 1.54) is 0 Å². The first kappa shape index (κ1) is 16.1. The fourth-order valence-corrected chi connectivity index (χ4v) is 3.47. The maximum absolute atomic E-state index is 10.7. The fraction of sp³-hybridized carbons (Fsp3) is 1.00. The molecule has 4 heteroatoms. The molecule has 0 aromatic carbocycles. The van der Waals surface area contributed by atoms with E-state index in [4.69, 9.17) is 8.85 Å². The van der Waals surface area contributed by atoms with Crippen LogP contribution in [-0.4, -0.2) is 24.8 Å². The lowest BCUT2D eigenvalue weighted by Gasteiger charge is -2.43. The van der Waals surface area contributed by atoms with Gasteiger partial charge < -0.3 is 13.6 Å². The first-order chi connectivity index (χ1) is 6.66. The molecular formula is C12H28O3Si. The minimum absolute atomic E-state index is 0.381. The molecule has 0 rings (SSSR count). The van der Waals surface area contributed by atoms with Crippen LogP contribution in [0.2, 0.25) is 5.04 Å². The third kappa shape index (κ3) is 5.43. The molecular weight excluding hydrogens is 220 g/mol. The Balaban J connectivity index is 5.07.